The van der Waals surface area contributed by atoms with E-state index in [0.29, 0.717) is 5.69 Å². The second-order valence-corrected chi connectivity index (χ2v) is 5.29. The lowest BCUT2D eigenvalue weighted by molar-refractivity contribution is 0.0996. The molecule has 0 unspecified atom stereocenters. The first-order valence-electron chi connectivity index (χ1n) is 7.26. The van der Waals surface area contributed by atoms with E-state index < -0.39 is 0 Å². The summed E-state index contributed by atoms with van der Waals surface area (Å²) in [5.74, 6) is 0.856. The van der Waals surface area contributed by atoms with Crippen LogP contribution >= 0.6 is 0 Å². The quantitative estimate of drug-likeness (QED) is 0.777. The van der Waals surface area contributed by atoms with Gasteiger partial charge in [0.15, 0.2) is 5.76 Å². The molecule has 112 valence electrons. The average Bonchev–Trinajstić information content (AvgIpc) is 3.26. The maximum absolute atomic E-state index is 12.0. The third-order valence-electron chi connectivity index (χ3n) is 3.74. The fourth-order valence-electron chi connectivity index (χ4n) is 2.65. The number of aromatic nitrogens is 2. The number of aromatic amines is 1. The second-order valence-electron chi connectivity index (χ2n) is 5.29. The Bertz CT molecular complexity index is 801. The van der Waals surface area contributed by atoms with Gasteiger partial charge in [0.1, 0.15) is 11.9 Å². The Kier molecular flexibility index (Phi) is 3.16. The number of H-pyrrole nitrogens is 1. The van der Waals surface area contributed by atoms with Gasteiger partial charge in [0.2, 0.25) is 0 Å². The number of amides is 1. The molecule has 0 aliphatic carbocycles. The van der Waals surface area contributed by atoms with Crippen molar-refractivity contribution in [1.82, 2.24) is 9.97 Å². The normalized spacial score (nSPS) is 17.9. The van der Waals surface area contributed by atoms with Gasteiger partial charge in [-0.25, -0.2) is 4.98 Å². The van der Waals surface area contributed by atoms with Crippen molar-refractivity contribution in [2.45, 2.75) is 18.9 Å². The zero-order chi connectivity index (χ0) is 14.9. The molecule has 1 atom stereocenters. The van der Waals surface area contributed by atoms with Crippen molar-refractivity contribution < 1.29 is 13.9 Å². The number of hydrogen-bond acceptors (Lipinski definition) is 4. The number of carbonyl (C=O) groups is 1. The van der Waals surface area contributed by atoms with Crippen LogP contribution in [0.1, 0.15) is 35.3 Å². The highest BCUT2D eigenvalue weighted by atomic mass is 16.5. The van der Waals surface area contributed by atoms with Crippen LogP contribution in [0, 0.1) is 0 Å². The monoisotopic (exact) mass is 297 g/mol. The number of hydrogen-bond donors (Lipinski definition) is 2. The molecular weight excluding hydrogens is 282 g/mol. The molecule has 22 heavy (non-hydrogen) atoms. The fourth-order valence-corrected chi connectivity index (χ4v) is 2.65. The summed E-state index contributed by atoms with van der Waals surface area (Å²) in [7, 11) is 0. The molecule has 0 spiro atoms. The van der Waals surface area contributed by atoms with E-state index in [-0.39, 0.29) is 17.8 Å². The molecule has 0 bridgehead atoms. The van der Waals surface area contributed by atoms with E-state index >= 15 is 0 Å². The first kappa shape index (κ1) is 13.1. The van der Waals surface area contributed by atoms with Crippen LogP contribution in [0.25, 0.3) is 11.0 Å². The average molecular weight is 297 g/mol. The lowest BCUT2D eigenvalue weighted by atomic mass is 10.2. The van der Waals surface area contributed by atoms with Gasteiger partial charge in [0, 0.05) is 12.3 Å². The number of carbonyl (C=O) groups excluding carboxylic acids is 1. The molecule has 3 aromatic rings. The van der Waals surface area contributed by atoms with Crippen LogP contribution in [-0.4, -0.2) is 22.5 Å². The Labute approximate surface area is 126 Å². The summed E-state index contributed by atoms with van der Waals surface area (Å²) in [6.45, 7) is 0.784. The van der Waals surface area contributed by atoms with Crippen LogP contribution in [0.5, 0.6) is 0 Å². The zero-order valence-corrected chi connectivity index (χ0v) is 11.8. The lowest BCUT2D eigenvalue weighted by Crippen LogP contribution is -2.10. The maximum Gasteiger partial charge on any atom is 0.291 e. The fraction of sp³-hybridized carbons (Fsp3) is 0.250. The number of nitrogens with one attached hydrogen (secondary N) is 2. The molecule has 1 aliphatic heterocycles. The molecule has 1 amide bonds. The van der Waals surface area contributed by atoms with Gasteiger partial charge in [-0.3, -0.25) is 4.79 Å². The molecule has 6 heteroatoms. The van der Waals surface area contributed by atoms with Crippen LogP contribution < -0.4 is 5.32 Å². The van der Waals surface area contributed by atoms with Gasteiger partial charge in [-0.1, -0.05) is 0 Å². The highest BCUT2D eigenvalue weighted by Gasteiger charge is 2.21. The summed E-state index contributed by atoms with van der Waals surface area (Å²) in [4.78, 5) is 19.8. The SMILES string of the molecule is O=C(Nc1ccc2nc([C@H]3CCCO3)[nH]c2c1)c1ccco1. The molecular formula is C16H15N3O3. The minimum atomic E-state index is -0.275. The number of ether oxygens (including phenoxy) is 1. The highest BCUT2D eigenvalue weighted by Crippen LogP contribution is 2.28. The van der Waals surface area contributed by atoms with Crippen LogP contribution in [0.3, 0.4) is 0 Å². The van der Waals surface area contributed by atoms with Crippen molar-refractivity contribution in [2.24, 2.45) is 0 Å². The molecule has 6 nitrogen and oxygen atoms in total. The summed E-state index contributed by atoms with van der Waals surface area (Å²) in [5, 5.41) is 2.80. The molecule has 0 radical (unpaired) electrons. The number of benzene rings is 1. The Morgan fingerprint density at radius 3 is 3.09 bits per heavy atom. The largest absolute Gasteiger partial charge is 0.459 e. The van der Waals surface area contributed by atoms with Crippen LogP contribution in [0.2, 0.25) is 0 Å². The van der Waals surface area contributed by atoms with E-state index in [9.17, 15) is 4.79 Å². The first-order chi connectivity index (χ1) is 10.8. The number of nitrogens with zero attached hydrogens (tertiary/aromatic N) is 1. The molecule has 1 saturated heterocycles. The van der Waals surface area contributed by atoms with E-state index in [0.717, 1.165) is 36.3 Å². The van der Waals surface area contributed by atoms with Gasteiger partial charge in [0.25, 0.3) is 5.91 Å². The summed E-state index contributed by atoms with van der Waals surface area (Å²) in [6.07, 6.45) is 3.57. The van der Waals surface area contributed by atoms with E-state index in [1.165, 1.54) is 6.26 Å². The van der Waals surface area contributed by atoms with Crippen molar-refractivity contribution in [1.29, 1.82) is 0 Å². The molecule has 2 N–H and O–H groups in total. The van der Waals surface area contributed by atoms with E-state index in [1.54, 1.807) is 12.1 Å². The standard InChI is InChI=1S/C16H15N3O3/c20-16(14-4-2-8-22-14)17-10-5-6-11-12(9-10)19-15(18-11)13-3-1-7-21-13/h2,4-6,8-9,13H,1,3,7H2,(H,17,20)(H,18,19)/t13-/m1/s1. The molecule has 2 aromatic heterocycles. The first-order valence-corrected chi connectivity index (χ1v) is 7.26. The maximum atomic E-state index is 12.0. The smallest absolute Gasteiger partial charge is 0.291 e. The van der Waals surface area contributed by atoms with Crippen molar-refractivity contribution in [3.63, 3.8) is 0 Å². The summed E-state index contributed by atoms with van der Waals surface area (Å²) in [5.41, 5.74) is 2.43. The number of fused-ring (bicyclic) bond motifs is 1. The molecule has 1 aromatic carbocycles. The van der Waals surface area contributed by atoms with Crippen molar-refractivity contribution >= 4 is 22.6 Å². The van der Waals surface area contributed by atoms with Crippen LogP contribution in [-0.2, 0) is 4.74 Å². The Morgan fingerprint density at radius 1 is 1.36 bits per heavy atom. The summed E-state index contributed by atoms with van der Waals surface area (Å²) in [6, 6.07) is 8.87. The van der Waals surface area contributed by atoms with Crippen molar-refractivity contribution in [3.8, 4) is 0 Å². The van der Waals surface area contributed by atoms with Crippen molar-refractivity contribution in [3.05, 3.63) is 48.2 Å². The molecule has 4 rings (SSSR count). The predicted octanol–water partition coefficient (Wildman–Crippen LogP) is 3.26. The Hall–Kier alpha value is -2.60. The van der Waals surface area contributed by atoms with Gasteiger partial charge in [-0.15, -0.1) is 0 Å². The third-order valence-corrected chi connectivity index (χ3v) is 3.74. The summed E-state index contributed by atoms with van der Waals surface area (Å²) < 4.78 is 10.7. The van der Waals surface area contributed by atoms with E-state index in [1.807, 2.05) is 18.2 Å². The van der Waals surface area contributed by atoms with Gasteiger partial charge >= 0.3 is 0 Å². The van der Waals surface area contributed by atoms with Crippen molar-refractivity contribution in [2.75, 3.05) is 11.9 Å². The number of rotatable bonds is 3. The molecule has 0 saturated carbocycles. The van der Waals surface area contributed by atoms with E-state index in [2.05, 4.69) is 15.3 Å². The number of furan rings is 1. The molecule has 1 aliphatic rings. The van der Waals surface area contributed by atoms with Gasteiger partial charge in [0.05, 0.1) is 17.3 Å². The van der Waals surface area contributed by atoms with Crippen LogP contribution in [0.4, 0.5) is 5.69 Å². The second kappa shape index (κ2) is 5.31. The highest BCUT2D eigenvalue weighted by molar-refractivity contribution is 6.03. The minimum absolute atomic E-state index is 0.0496. The zero-order valence-electron chi connectivity index (χ0n) is 11.8. The molecule has 1 fully saturated rings. The Morgan fingerprint density at radius 2 is 2.32 bits per heavy atom. The lowest BCUT2D eigenvalue weighted by Gasteiger charge is -2.03. The van der Waals surface area contributed by atoms with Gasteiger partial charge < -0.3 is 19.5 Å². The topological polar surface area (TPSA) is 80.1 Å². The Balaban J connectivity index is 1.58. The number of imidazole rings is 1. The number of anilines is 1. The predicted molar refractivity (Wildman–Crippen MR) is 80.7 cm³/mol. The summed E-state index contributed by atoms with van der Waals surface area (Å²) >= 11 is 0. The van der Waals surface area contributed by atoms with Gasteiger partial charge in [-0.05, 0) is 43.2 Å². The van der Waals surface area contributed by atoms with E-state index in [4.69, 9.17) is 9.15 Å². The van der Waals surface area contributed by atoms with Gasteiger partial charge in [-0.2, -0.15) is 0 Å². The third kappa shape index (κ3) is 2.37. The van der Waals surface area contributed by atoms with Crippen LogP contribution in [0.15, 0.2) is 41.0 Å². The minimum Gasteiger partial charge on any atom is -0.459 e. The molecule has 3 heterocycles.